The molecule has 4 rings (SSSR count). The molecule has 9 heteroatoms. The average molecular weight is 469 g/mol. The lowest BCUT2D eigenvalue weighted by Crippen LogP contribution is -2.38. The summed E-state index contributed by atoms with van der Waals surface area (Å²) in [6, 6.07) is 12.5. The van der Waals surface area contributed by atoms with Crippen LogP contribution in [0.15, 0.2) is 47.5 Å². The highest BCUT2D eigenvalue weighted by Gasteiger charge is 2.50. The molecule has 29 heavy (non-hydrogen) atoms. The molecule has 2 atom stereocenters. The van der Waals surface area contributed by atoms with E-state index in [4.69, 9.17) is 23.2 Å². The maximum Gasteiger partial charge on any atom is 0.252 e. The van der Waals surface area contributed by atoms with Crippen LogP contribution in [0.5, 0.6) is 0 Å². The lowest BCUT2D eigenvalue weighted by atomic mass is 10.1. The number of hydrogen-bond donors (Lipinski definition) is 0. The second-order valence-corrected chi connectivity index (χ2v) is 11.4. The van der Waals surface area contributed by atoms with Crippen LogP contribution in [0.1, 0.15) is 11.1 Å². The number of nitrogens with zero attached hydrogens (tertiary/aromatic N) is 2. The summed E-state index contributed by atoms with van der Waals surface area (Å²) in [6.45, 7) is 1.97. The highest BCUT2D eigenvalue weighted by Crippen LogP contribution is 2.45. The first-order chi connectivity index (χ1) is 13.7. The monoisotopic (exact) mass is 468 g/mol. The van der Waals surface area contributed by atoms with Crippen molar-refractivity contribution >= 4 is 61.6 Å². The first kappa shape index (κ1) is 20.7. The van der Waals surface area contributed by atoms with E-state index in [0.717, 1.165) is 11.1 Å². The van der Waals surface area contributed by atoms with Crippen molar-refractivity contribution in [2.24, 2.45) is 4.99 Å². The number of para-hydroxylation sites is 1. The molecule has 2 saturated heterocycles. The summed E-state index contributed by atoms with van der Waals surface area (Å²) in [7, 11) is -3.17. The molecule has 5 nitrogen and oxygen atoms in total. The smallest absolute Gasteiger partial charge is 0.252 e. The first-order valence-corrected chi connectivity index (χ1v) is 12.5. The Morgan fingerprint density at radius 3 is 2.55 bits per heavy atom. The van der Waals surface area contributed by atoms with E-state index < -0.39 is 9.84 Å². The molecule has 2 aromatic rings. The van der Waals surface area contributed by atoms with Gasteiger partial charge >= 0.3 is 0 Å². The third kappa shape index (κ3) is 4.33. The zero-order valence-corrected chi connectivity index (χ0v) is 18.7. The summed E-state index contributed by atoms with van der Waals surface area (Å²) in [5.41, 5.74) is 2.45. The van der Waals surface area contributed by atoms with Crippen LogP contribution < -0.4 is 4.90 Å². The van der Waals surface area contributed by atoms with Gasteiger partial charge in [0.05, 0.1) is 39.7 Å². The summed E-state index contributed by atoms with van der Waals surface area (Å²) in [6.07, 6.45) is 0.170. The number of aliphatic imine (C=N–C) groups is 1. The van der Waals surface area contributed by atoms with Crippen LogP contribution >= 0.6 is 35.0 Å². The van der Waals surface area contributed by atoms with E-state index >= 15 is 0 Å². The van der Waals surface area contributed by atoms with Gasteiger partial charge in [-0.1, -0.05) is 70.9 Å². The minimum absolute atomic E-state index is 0.0166. The molecule has 0 unspecified atom stereocenters. The molecule has 0 radical (unpaired) electrons. The van der Waals surface area contributed by atoms with Crippen LogP contribution in [0.3, 0.4) is 0 Å². The predicted octanol–water partition coefficient (Wildman–Crippen LogP) is 4.15. The Morgan fingerprint density at radius 2 is 1.86 bits per heavy atom. The summed E-state index contributed by atoms with van der Waals surface area (Å²) in [5, 5.41) is 1.02. The number of halogens is 2. The number of benzene rings is 2. The Balaban J connectivity index is 1.70. The van der Waals surface area contributed by atoms with Gasteiger partial charge < -0.3 is 4.90 Å². The number of rotatable bonds is 3. The van der Waals surface area contributed by atoms with E-state index in [1.54, 1.807) is 23.1 Å². The Labute approximate surface area is 184 Å². The largest absolute Gasteiger partial charge is 0.313 e. The zero-order chi connectivity index (χ0) is 20.8. The Hall–Kier alpha value is -1.54. The number of thioether (sulfide) groups is 1. The first-order valence-electron chi connectivity index (χ1n) is 9.01. The van der Waals surface area contributed by atoms with E-state index in [2.05, 4.69) is 4.99 Å². The van der Waals surface area contributed by atoms with Crippen molar-refractivity contribution in [3.8, 4) is 0 Å². The van der Waals surface area contributed by atoms with E-state index in [-0.39, 0.29) is 35.1 Å². The topological polar surface area (TPSA) is 66.8 Å². The maximum atomic E-state index is 12.7. The third-order valence-electron chi connectivity index (χ3n) is 4.90. The Morgan fingerprint density at radius 1 is 1.17 bits per heavy atom. The van der Waals surface area contributed by atoms with Crippen LogP contribution in [0, 0.1) is 6.92 Å². The number of amides is 1. The zero-order valence-electron chi connectivity index (χ0n) is 15.5. The summed E-state index contributed by atoms with van der Waals surface area (Å²) >= 11 is 14.1. The van der Waals surface area contributed by atoms with Crippen LogP contribution in [0.2, 0.25) is 10.0 Å². The summed E-state index contributed by atoms with van der Waals surface area (Å²) in [4.78, 5) is 18.7. The molecule has 0 aromatic heterocycles. The maximum absolute atomic E-state index is 12.7. The van der Waals surface area contributed by atoms with Gasteiger partial charge in [0, 0.05) is 5.25 Å². The highest BCUT2D eigenvalue weighted by molar-refractivity contribution is 8.16. The lowest BCUT2D eigenvalue weighted by molar-refractivity contribution is -0.117. The van der Waals surface area contributed by atoms with Gasteiger partial charge in [-0.2, -0.15) is 4.99 Å². The van der Waals surface area contributed by atoms with Crippen LogP contribution in [-0.2, 0) is 21.1 Å². The fourth-order valence-corrected chi connectivity index (χ4v) is 8.18. The van der Waals surface area contributed by atoms with Gasteiger partial charge in [-0.25, -0.2) is 8.42 Å². The summed E-state index contributed by atoms with van der Waals surface area (Å²) in [5.74, 6) is -0.266. The molecule has 2 aromatic carbocycles. The van der Waals surface area contributed by atoms with E-state index in [1.165, 1.54) is 11.8 Å². The molecule has 2 fully saturated rings. The predicted molar refractivity (Wildman–Crippen MR) is 120 cm³/mol. The molecular weight excluding hydrogens is 451 g/mol. The molecule has 2 aliphatic rings. The lowest BCUT2D eigenvalue weighted by Gasteiger charge is -2.26. The fourth-order valence-electron chi connectivity index (χ4n) is 3.69. The minimum Gasteiger partial charge on any atom is -0.313 e. The van der Waals surface area contributed by atoms with Gasteiger partial charge in [-0.05, 0) is 24.6 Å². The minimum atomic E-state index is -3.17. The van der Waals surface area contributed by atoms with Crippen molar-refractivity contribution in [2.45, 2.75) is 24.6 Å². The van der Waals surface area contributed by atoms with Crippen LogP contribution in [0.4, 0.5) is 5.69 Å². The summed E-state index contributed by atoms with van der Waals surface area (Å²) < 4.78 is 24.4. The number of carbonyl (C=O) groups excluding carboxylic acids is 1. The second kappa shape index (κ2) is 7.95. The number of sulfone groups is 1. The van der Waals surface area contributed by atoms with Gasteiger partial charge in [0.25, 0.3) is 5.91 Å². The third-order valence-corrected chi connectivity index (χ3v) is 8.72. The Kier molecular flexibility index (Phi) is 5.68. The van der Waals surface area contributed by atoms with Crippen molar-refractivity contribution in [3.63, 3.8) is 0 Å². The highest BCUT2D eigenvalue weighted by atomic mass is 35.5. The van der Waals surface area contributed by atoms with Gasteiger partial charge in [-0.3, -0.25) is 4.79 Å². The van der Waals surface area contributed by atoms with E-state index in [9.17, 15) is 13.2 Å². The van der Waals surface area contributed by atoms with Gasteiger partial charge in [0.15, 0.2) is 15.0 Å². The number of hydrogen-bond acceptors (Lipinski definition) is 4. The van der Waals surface area contributed by atoms with Crippen molar-refractivity contribution in [3.05, 3.63) is 63.6 Å². The van der Waals surface area contributed by atoms with Gasteiger partial charge in [0.2, 0.25) is 0 Å². The van der Waals surface area contributed by atoms with Crippen molar-refractivity contribution in [1.29, 1.82) is 0 Å². The van der Waals surface area contributed by atoms with Crippen molar-refractivity contribution in [2.75, 3.05) is 16.4 Å². The number of carbonyl (C=O) groups is 1. The molecule has 152 valence electrons. The number of aryl methyl sites for hydroxylation is 1. The molecule has 2 heterocycles. The molecular formula is C20H18Cl2N2O3S2. The van der Waals surface area contributed by atoms with E-state index in [1.807, 2.05) is 31.2 Å². The van der Waals surface area contributed by atoms with Gasteiger partial charge in [0.1, 0.15) is 0 Å². The number of amidine groups is 1. The molecule has 0 N–H and O–H groups in total. The second-order valence-electron chi connectivity index (χ2n) is 7.19. The quantitative estimate of drug-likeness (QED) is 0.676. The molecule has 0 bridgehead atoms. The average Bonchev–Trinajstić information content (AvgIpc) is 3.07. The van der Waals surface area contributed by atoms with Crippen LogP contribution in [-0.4, -0.2) is 42.3 Å². The number of anilines is 1. The van der Waals surface area contributed by atoms with Crippen LogP contribution in [0.25, 0.3) is 0 Å². The van der Waals surface area contributed by atoms with Gasteiger partial charge in [-0.15, -0.1) is 0 Å². The normalized spacial score (nSPS) is 24.1. The standard InChI is InChI=1S/C20H18Cl2N2O3S2/c1-12-4-2-5-13(8-12)9-18(25)23-20-24(19-14(21)6-3-7-15(19)22)16-10-29(26,27)11-17(16)28-20/h2-8,16-17H,9-11H2,1H3/t16-,17-/m1/s1. The molecule has 2 aliphatic heterocycles. The van der Waals surface area contributed by atoms with Crippen molar-refractivity contribution < 1.29 is 13.2 Å². The van der Waals surface area contributed by atoms with Crippen molar-refractivity contribution in [1.82, 2.24) is 0 Å². The molecule has 1 amide bonds. The Bertz CT molecular complexity index is 1100. The van der Waals surface area contributed by atoms with E-state index in [0.29, 0.717) is 20.9 Å². The fraction of sp³-hybridized carbons (Fsp3) is 0.300. The SMILES string of the molecule is Cc1cccc(CC(=O)N=C2S[C@@H]3CS(=O)(=O)C[C@H]3N2c2c(Cl)cccc2Cl)c1. The molecule has 0 aliphatic carbocycles. The number of fused-ring (bicyclic) bond motifs is 1. The molecule has 0 saturated carbocycles. The molecule has 0 spiro atoms.